The molecule has 0 saturated heterocycles. The first-order valence-corrected chi connectivity index (χ1v) is 6.93. The first-order valence-electron chi connectivity index (χ1n) is 6.13. The van der Waals surface area contributed by atoms with Crippen molar-refractivity contribution in [2.45, 2.75) is 18.9 Å². The van der Waals surface area contributed by atoms with E-state index in [0.717, 1.165) is 23.4 Å². The molecule has 0 fully saturated rings. The Labute approximate surface area is 118 Å². The number of benzene rings is 2. The molecule has 1 atom stereocenters. The molecule has 0 radical (unpaired) electrons. The van der Waals surface area contributed by atoms with E-state index in [-0.39, 0.29) is 6.04 Å². The van der Waals surface area contributed by atoms with Crippen molar-refractivity contribution < 1.29 is 8.78 Å². The zero-order valence-electron chi connectivity index (χ0n) is 10.1. The highest BCUT2D eigenvalue weighted by atomic mass is 79.9. The van der Waals surface area contributed by atoms with E-state index in [1.165, 1.54) is 23.3 Å². The lowest BCUT2D eigenvalue weighted by molar-refractivity contribution is 0.583. The van der Waals surface area contributed by atoms with Gasteiger partial charge in [0.25, 0.3) is 0 Å². The molecule has 3 rings (SSSR count). The largest absolute Gasteiger partial charge is 0.378 e. The summed E-state index contributed by atoms with van der Waals surface area (Å²) in [6.07, 6.45) is 1.89. The number of hydrogen-bond donors (Lipinski definition) is 1. The van der Waals surface area contributed by atoms with Crippen LogP contribution in [-0.2, 0) is 6.42 Å². The van der Waals surface area contributed by atoms with E-state index in [1.807, 2.05) is 12.1 Å². The zero-order valence-corrected chi connectivity index (χ0v) is 11.7. The molecule has 0 aromatic heterocycles. The molecule has 0 heterocycles. The zero-order chi connectivity index (χ0) is 13.4. The summed E-state index contributed by atoms with van der Waals surface area (Å²) in [7, 11) is 0. The Balaban J connectivity index is 1.89. The minimum Gasteiger partial charge on any atom is -0.378 e. The molecule has 1 N–H and O–H groups in total. The fourth-order valence-electron chi connectivity index (χ4n) is 2.60. The Morgan fingerprint density at radius 1 is 1.11 bits per heavy atom. The standard InChI is InChI=1S/C15H12BrF2N/c16-14-3-1-2-13-12(14)4-5-15(13)19-11-7-9(17)6-10(18)8-11/h1-3,6-8,15,19H,4-5H2. The van der Waals surface area contributed by atoms with E-state index in [2.05, 4.69) is 27.3 Å². The number of nitrogens with one attached hydrogen (secondary N) is 1. The molecule has 2 aromatic rings. The minimum atomic E-state index is -0.560. The second-order valence-corrected chi connectivity index (χ2v) is 5.56. The van der Waals surface area contributed by atoms with Crippen molar-refractivity contribution in [3.63, 3.8) is 0 Å². The van der Waals surface area contributed by atoms with Crippen LogP contribution in [0.15, 0.2) is 40.9 Å². The predicted molar refractivity (Wildman–Crippen MR) is 75.2 cm³/mol. The number of fused-ring (bicyclic) bond motifs is 1. The summed E-state index contributed by atoms with van der Waals surface area (Å²) in [6, 6.07) is 9.68. The van der Waals surface area contributed by atoms with Gasteiger partial charge < -0.3 is 5.32 Å². The molecule has 2 aromatic carbocycles. The van der Waals surface area contributed by atoms with Crippen LogP contribution in [0, 0.1) is 11.6 Å². The van der Waals surface area contributed by atoms with E-state index in [9.17, 15) is 8.78 Å². The Kier molecular flexibility index (Phi) is 3.27. The van der Waals surface area contributed by atoms with Crippen molar-refractivity contribution in [1.82, 2.24) is 0 Å². The Morgan fingerprint density at radius 2 is 1.84 bits per heavy atom. The van der Waals surface area contributed by atoms with Gasteiger partial charge in [-0.15, -0.1) is 0 Å². The maximum atomic E-state index is 13.2. The van der Waals surface area contributed by atoms with E-state index >= 15 is 0 Å². The molecule has 0 saturated carbocycles. The van der Waals surface area contributed by atoms with Crippen molar-refractivity contribution in [3.05, 3.63) is 63.6 Å². The van der Waals surface area contributed by atoms with Crippen LogP contribution in [0.4, 0.5) is 14.5 Å². The molecular formula is C15H12BrF2N. The number of anilines is 1. The number of rotatable bonds is 2. The molecule has 4 heteroatoms. The molecule has 1 unspecified atom stereocenters. The van der Waals surface area contributed by atoms with Gasteiger partial charge in [-0.05, 0) is 42.2 Å². The fraction of sp³-hybridized carbons (Fsp3) is 0.200. The lowest BCUT2D eigenvalue weighted by Gasteiger charge is -2.16. The molecular weight excluding hydrogens is 312 g/mol. The van der Waals surface area contributed by atoms with Crippen LogP contribution in [-0.4, -0.2) is 0 Å². The summed E-state index contributed by atoms with van der Waals surface area (Å²) in [4.78, 5) is 0. The summed E-state index contributed by atoms with van der Waals surface area (Å²) >= 11 is 3.54. The molecule has 0 aliphatic heterocycles. The highest BCUT2D eigenvalue weighted by molar-refractivity contribution is 9.10. The maximum Gasteiger partial charge on any atom is 0.128 e. The van der Waals surface area contributed by atoms with Gasteiger partial charge in [0.2, 0.25) is 0 Å². The van der Waals surface area contributed by atoms with Crippen LogP contribution in [0.1, 0.15) is 23.6 Å². The van der Waals surface area contributed by atoms with Crippen LogP contribution < -0.4 is 5.32 Å². The predicted octanol–water partition coefficient (Wildman–Crippen LogP) is 4.83. The van der Waals surface area contributed by atoms with E-state index in [4.69, 9.17) is 0 Å². The topological polar surface area (TPSA) is 12.0 Å². The summed E-state index contributed by atoms with van der Waals surface area (Å²) in [5.74, 6) is -1.12. The summed E-state index contributed by atoms with van der Waals surface area (Å²) in [5, 5.41) is 3.21. The molecule has 1 aliphatic carbocycles. The summed E-state index contributed by atoms with van der Waals surface area (Å²) in [6.45, 7) is 0. The van der Waals surface area contributed by atoms with Gasteiger partial charge in [0.05, 0.1) is 6.04 Å². The average Bonchev–Trinajstić information content (AvgIpc) is 2.73. The van der Waals surface area contributed by atoms with Gasteiger partial charge in [-0.3, -0.25) is 0 Å². The number of halogens is 3. The van der Waals surface area contributed by atoms with E-state index in [1.54, 1.807) is 0 Å². The molecule has 0 bridgehead atoms. The average molecular weight is 324 g/mol. The third-order valence-electron chi connectivity index (χ3n) is 3.42. The highest BCUT2D eigenvalue weighted by Crippen LogP contribution is 2.37. The van der Waals surface area contributed by atoms with Crippen LogP contribution in [0.2, 0.25) is 0 Å². The smallest absolute Gasteiger partial charge is 0.128 e. The molecule has 19 heavy (non-hydrogen) atoms. The van der Waals surface area contributed by atoms with E-state index in [0.29, 0.717) is 5.69 Å². The van der Waals surface area contributed by atoms with Crippen LogP contribution in [0.25, 0.3) is 0 Å². The highest BCUT2D eigenvalue weighted by Gasteiger charge is 2.23. The third-order valence-corrected chi connectivity index (χ3v) is 4.16. The Bertz CT molecular complexity index is 607. The normalized spacial score (nSPS) is 17.3. The van der Waals surface area contributed by atoms with Crippen LogP contribution >= 0.6 is 15.9 Å². The molecule has 1 nitrogen and oxygen atoms in total. The molecule has 98 valence electrons. The van der Waals surface area contributed by atoms with Crippen molar-refractivity contribution in [2.75, 3.05) is 5.32 Å². The van der Waals surface area contributed by atoms with E-state index < -0.39 is 11.6 Å². The van der Waals surface area contributed by atoms with Gasteiger partial charge in [0.1, 0.15) is 11.6 Å². The van der Waals surface area contributed by atoms with Gasteiger partial charge in [-0.1, -0.05) is 28.1 Å². The first-order chi connectivity index (χ1) is 9.13. The molecule has 0 amide bonds. The van der Waals surface area contributed by atoms with Gasteiger partial charge in [-0.25, -0.2) is 8.78 Å². The van der Waals surface area contributed by atoms with Gasteiger partial charge >= 0.3 is 0 Å². The number of hydrogen-bond acceptors (Lipinski definition) is 1. The minimum absolute atomic E-state index is 0.105. The molecule has 0 spiro atoms. The Hall–Kier alpha value is -1.42. The summed E-state index contributed by atoms with van der Waals surface area (Å²) < 4.78 is 27.4. The first kappa shape index (κ1) is 12.6. The molecule has 1 aliphatic rings. The van der Waals surface area contributed by atoms with Crippen LogP contribution in [0.5, 0.6) is 0 Å². The van der Waals surface area contributed by atoms with Crippen molar-refractivity contribution >= 4 is 21.6 Å². The van der Waals surface area contributed by atoms with Gasteiger partial charge in [0, 0.05) is 16.2 Å². The van der Waals surface area contributed by atoms with Crippen molar-refractivity contribution in [2.24, 2.45) is 0 Å². The van der Waals surface area contributed by atoms with Gasteiger partial charge in [0.15, 0.2) is 0 Å². The second-order valence-electron chi connectivity index (χ2n) is 4.70. The quantitative estimate of drug-likeness (QED) is 0.834. The summed E-state index contributed by atoms with van der Waals surface area (Å²) in [5.41, 5.74) is 2.95. The maximum absolute atomic E-state index is 13.2. The SMILES string of the molecule is Fc1cc(F)cc(NC2CCc3c(Br)cccc32)c1. The lowest BCUT2D eigenvalue weighted by Crippen LogP contribution is -2.07. The second kappa shape index (κ2) is 4.93. The third kappa shape index (κ3) is 2.50. The lowest BCUT2D eigenvalue weighted by atomic mass is 10.1. The monoisotopic (exact) mass is 323 g/mol. The van der Waals surface area contributed by atoms with Crippen molar-refractivity contribution in [1.29, 1.82) is 0 Å². The Morgan fingerprint density at radius 3 is 2.58 bits per heavy atom. The fourth-order valence-corrected chi connectivity index (χ4v) is 3.18. The van der Waals surface area contributed by atoms with Crippen molar-refractivity contribution in [3.8, 4) is 0 Å². The van der Waals surface area contributed by atoms with Crippen LogP contribution in [0.3, 0.4) is 0 Å². The van der Waals surface area contributed by atoms with Gasteiger partial charge in [-0.2, -0.15) is 0 Å².